The monoisotopic (exact) mass is 410 g/mol. The van der Waals surface area contributed by atoms with Crippen LogP contribution in [-0.2, 0) is 0 Å². The molecular formula is C23H30N4OS. The lowest BCUT2D eigenvalue weighted by Crippen LogP contribution is -2.28. The summed E-state index contributed by atoms with van der Waals surface area (Å²) in [5.41, 5.74) is 5.14. The first-order valence-corrected chi connectivity index (χ1v) is 11.6. The summed E-state index contributed by atoms with van der Waals surface area (Å²) in [6.07, 6.45) is 9.86. The smallest absolute Gasteiger partial charge is 0.166 e. The largest absolute Gasteiger partial charge is 0.496 e. The van der Waals surface area contributed by atoms with Crippen LogP contribution in [0.1, 0.15) is 37.3 Å². The van der Waals surface area contributed by atoms with Crippen molar-refractivity contribution in [2.75, 3.05) is 31.4 Å². The molecule has 1 saturated carbocycles. The molecule has 6 heteroatoms. The van der Waals surface area contributed by atoms with Gasteiger partial charge in [-0.25, -0.2) is 4.98 Å². The summed E-state index contributed by atoms with van der Waals surface area (Å²) in [7, 11) is 1.72. The molecule has 0 spiro atoms. The number of hydrogen-bond acceptors (Lipinski definition) is 5. The molecule has 0 aliphatic heterocycles. The SMILES string of the molecule is CCCN(CC1CC1)c1c(SC)nc2c(-c3c(C)cc(C)cc3OC)nccn12. The fraction of sp³-hybridized carbons (Fsp3) is 0.478. The maximum absolute atomic E-state index is 5.73. The third-order valence-corrected chi connectivity index (χ3v) is 6.21. The lowest BCUT2D eigenvalue weighted by atomic mass is 10.0. The zero-order valence-corrected chi connectivity index (χ0v) is 18.8. The Hall–Kier alpha value is -2.21. The second-order valence-electron chi connectivity index (χ2n) is 7.96. The normalized spacial score (nSPS) is 13.8. The van der Waals surface area contributed by atoms with Crippen LogP contribution in [0.15, 0.2) is 29.6 Å². The molecule has 0 unspecified atom stereocenters. The summed E-state index contributed by atoms with van der Waals surface area (Å²) in [5, 5.41) is 1.07. The van der Waals surface area contributed by atoms with Gasteiger partial charge >= 0.3 is 0 Å². The molecule has 2 heterocycles. The summed E-state index contributed by atoms with van der Waals surface area (Å²) in [4.78, 5) is 12.3. The summed E-state index contributed by atoms with van der Waals surface area (Å²) in [5.74, 6) is 2.87. The van der Waals surface area contributed by atoms with Gasteiger partial charge in [-0.15, -0.1) is 11.8 Å². The van der Waals surface area contributed by atoms with E-state index in [4.69, 9.17) is 14.7 Å². The van der Waals surface area contributed by atoms with Crippen LogP contribution in [0.4, 0.5) is 5.82 Å². The first-order chi connectivity index (χ1) is 14.1. The Morgan fingerprint density at radius 2 is 2.07 bits per heavy atom. The first kappa shape index (κ1) is 20.1. The van der Waals surface area contributed by atoms with Crippen molar-refractivity contribution in [1.82, 2.24) is 14.4 Å². The number of aromatic nitrogens is 3. The molecule has 1 aliphatic carbocycles. The van der Waals surface area contributed by atoms with E-state index in [0.29, 0.717) is 0 Å². The highest BCUT2D eigenvalue weighted by atomic mass is 32.2. The fourth-order valence-corrected chi connectivity index (χ4v) is 4.69. The Balaban J connectivity index is 1.92. The van der Waals surface area contributed by atoms with E-state index >= 15 is 0 Å². The number of anilines is 1. The van der Waals surface area contributed by atoms with Crippen molar-refractivity contribution in [3.8, 4) is 17.0 Å². The maximum Gasteiger partial charge on any atom is 0.166 e. The molecule has 1 aliphatic rings. The Labute approximate surface area is 177 Å². The Morgan fingerprint density at radius 3 is 2.72 bits per heavy atom. The van der Waals surface area contributed by atoms with Crippen molar-refractivity contribution in [3.63, 3.8) is 0 Å². The minimum Gasteiger partial charge on any atom is -0.496 e. The fourth-order valence-electron chi connectivity index (χ4n) is 4.10. The van der Waals surface area contributed by atoms with E-state index in [-0.39, 0.29) is 0 Å². The highest BCUT2D eigenvalue weighted by Crippen LogP contribution is 2.39. The highest BCUT2D eigenvalue weighted by Gasteiger charge is 2.28. The molecule has 0 amide bonds. The zero-order valence-electron chi connectivity index (χ0n) is 18.0. The van der Waals surface area contributed by atoms with Gasteiger partial charge in [0.2, 0.25) is 0 Å². The second kappa shape index (κ2) is 8.27. The summed E-state index contributed by atoms with van der Waals surface area (Å²) < 4.78 is 7.96. The minimum absolute atomic E-state index is 0.822. The van der Waals surface area contributed by atoms with Gasteiger partial charge < -0.3 is 9.64 Å². The van der Waals surface area contributed by atoms with Gasteiger partial charge in [0, 0.05) is 31.0 Å². The van der Waals surface area contributed by atoms with Crippen molar-refractivity contribution >= 4 is 23.2 Å². The van der Waals surface area contributed by atoms with Crippen LogP contribution in [-0.4, -0.2) is 40.8 Å². The molecular weight excluding hydrogens is 380 g/mol. The molecule has 0 N–H and O–H groups in total. The maximum atomic E-state index is 5.73. The van der Waals surface area contributed by atoms with Gasteiger partial charge in [0.15, 0.2) is 5.65 Å². The van der Waals surface area contributed by atoms with E-state index in [1.807, 2.05) is 12.4 Å². The molecule has 3 aromatic rings. The quantitative estimate of drug-likeness (QED) is 0.467. The van der Waals surface area contributed by atoms with E-state index in [1.54, 1.807) is 18.9 Å². The Bertz CT molecular complexity index is 1030. The molecule has 0 bridgehead atoms. The number of hydrogen-bond donors (Lipinski definition) is 0. The van der Waals surface area contributed by atoms with Gasteiger partial charge in [-0.2, -0.15) is 0 Å². The highest BCUT2D eigenvalue weighted by molar-refractivity contribution is 7.98. The van der Waals surface area contributed by atoms with Crippen LogP contribution in [0, 0.1) is 19.8 Å². The summed E-state index contributed by atoms with van der Waals surface area (Å²) >= 11 is 1.71. The van der Waals surface area contributed by atoms with Crippen molar-refractivity contribution in [2.45, 2.75) is 45.1 Å². The second-order valence-corrected chi connectivity index (χ2v) is 8.76. The van der Waals surface area contributed by atoms with Gasteiger partial charge in [0.1, 0.15) is 22.3 Å². The third-order valence-electron chi connectivity index (χ3n) is 5.55. The minimum atomic E-state index is 0.822. The van der Waals surface area contributed by atoms with Gasteiger partial charge in [-0.05, 0) is 62.5 Å². The van der Waals surface area contributed by atoms with Crippen molar-refractivity contribution in [3.05, 3.63) is 35.7 Å². The number of aryl methyl sites for hydroxylation is 2. The number of imidazole rings is 1. The molecule has 0 atom stereocenters. The summed E-state index contributed by atoms with van der Waals surface area (Å²) in [6, 6.07) is 4.25. The number of ether oxygens (including phenoxy) is 1. The van der Waals surface area contributed by atoms with Crippen molar-refractivity contribution < 1.29 is 4.74 Å². The number of benzene rings is 1. The molecule has 5 nitrogen and oxygen atoms in total. The molecule has 2 aromatic heterocycles. The van der Waals surface area contributed by atoms with Crippen LogP contribution in [0.2, 0.25) is 0 Å². The summed E-state index contributed by atoms with van der Waals surface area (Å²) in [6.45, 7) is 8.61. The zero-order chi connectivity index (χ0) is 20.5. The van der Waals surface area contributed by atoms with Crippen LogP contribution >= 0.6 is 11.8 Å². The number of rotatable bonds is 8. The van der Waals surface area contributed by atoms with Crippen LogP contribution in [0.5, 0.6) is 5.75 Å². The van der Waals surface area contributed by atoms with Crippen LogP contribution < -0.4 is 9.64 Å². The topological polar surface area (TPSA) is 42.7 Å². The number of fused-ring (bicyclic) bond motifs is 1. The molecule has 4 rings (SSSR count). The first-order valence-electron chi connectivity index (χ1n) is 10.4. The van der Waals surface area contributed by atoms with Crippen LogP contribution in [0.25, 0.3) is 16.9 Å². The third kappa shape index (κ3) is 3.82. The number of nitrogens with zero attached hydrogens (tertiary/aromatic N) is 4. The van der Waals surface area contributed by atoms with Gasteiger partial charge in [0.05, 0.1) is 7.11 Å². The van der Waals surface area contributed by atoms with Crippen molar-refractivity contribution in [1.29, 1.82) is 0 Å². The van der Waals surface area contributed by atoms with Gasteiger partial charge in [-0.1, -0.05) is 13.0 Å². The molecule has 1 aromatic carbocycles. The molecule has 1 fully saturated rings. The van der Waals surface area contributed by atoms with E-state index in [2.05, 4.69) is 48.5 Å². The average Bonchev–Trinajstić information content (AvgIpc) is 3.44. The van der Waals surface area contributed by atoms with E-state index in [0.717, 1.165) is 58.7 Å². The van der Waals surface area contributed by atoms with E-state index < -0.39 is 0 Å². The number of thioether (sulfide) groups is 1. The molecule has 154 valence electrons. The molecule has 29 heavy (non-hydrogen) atoms. The van der Waals surface area contributed by atoms with Crippen molar-refractivity contribution in [2.24, 2.45) is 5.92 Å². The van der Waals surface area contributed by atoms with Gasteiger partial charge in [-0.3, -0.25) is 9.38 Å². The van der Waals surface area contributed by atoms with E-state index in [9.17, 15) is 0 Å². The molecule has 0 radical (unpaired) electrons. The molecule has 0 saturated heterocycles. The van der Waals surface area contributed by atoms with Crippen LogP contribution in [0.3, 0.4) is 0 Å². The standard InChI is InChI=1S/C23H30N4OS/c1-6-10-26(14-17-7-8-17)23-22(29-5)25-21-20(24-9-11-27(21)23)19-16(3)12-15(2)13-18(19)28-4/h9,11-13,17H,6-8,10,14H2,1-5H3. The predicted octanol–water partition coefficient (Wildman–Crippen LogP) is 5.37. The van der Waals surface area contributed by atoms with Gasteiger partial charge in [0.25, 0.3) is 0 Å². The number of methoxy groups -OCH3 is 1. The Morgan fingerprint density at radius 1 is 1.28 bits per heavy atom. The lowest BCUT2D eigenvalue weighted by molar-refractivity contribution is 0.415. The predicted molar refractivity (Wildman–Crippen MR) is 121 cm³/mol. The average molecular weight is 411 g/mol. The van der Waals surface area contributed by atoms with E-state index in [1.165, 1.54) is 24.2 Å². The Kier molecular flexibility index (Phi) is 5.72. The lowest BCUT2D eigenvalue weighted by Gasteiger charge is -2.24.